The summed E-state index contributed by atoms with van der Waals surface area (Å²) in [6.07, 6.45) is 1.27. The maximum absolute atomic E-state index is 11.0. The lowest BCUT2D eigenvalue weighted by Gasteiger charge is -2.23. The molecule has 1 heterocycles. The number of alkyl halides is 1. The largest absolute Gasteiger partial charge is 0.493 e. The first-order valence-electron chi connectivity index (χ1n) is 11.5. The minimum Gasteiger partial charge on any atom is -0.493 e. The minimum atomic E-state index is -0.667. The predicted molar refractivity (Wildman–Crippen MR) is 141 cm³/mol. The van der Waals surface area contributed by atoms with Crippen LogP contribution in [0.2, 0.25) is 0 Å². The summed E-state index contributed by atoms with van der Waals surface area (Å²) in [5.74, 6) is 2.66. The van der Waals surface area contributed by atoms with Crippen LogP contribution >= 0.6 is 15.9 Å². The zero-order valence-corrected chi connectivity index (χ0v) is 22.7. The van der Waals surface area contributed by atoms with Gasteiger partial charge in [0.05, 0.1) is 46.7 Å². The second-order valence-corrected chi connectivity index (χ2v) is 9.36. The van der Waals surface area contributed by atoms with Crippen LogP contribution in [0.1, 0.15) is 32.3 Å². The molecule has 4 rings (SSSR count). The molecule has 6 nitrogen and oxygen atoms in total. The highest BCUT2D eigenvalue weighted by molar-refractivity contribution is 9.10. The molecule has 0 aliphatic carbocycles. The second kappa shape index (κ2) is 11.8. The standard InChI is InChI=1S/C24H25BrN2O4.C3H7F/c1-28-20-8-15-16-9-21(29-2)23(31-4)11-18(16)24(25)19(17(15)10-22(20)30-3)13-27-7-5-6-14(27)12-26;1-3(2)4/h8-11,14H,5-7,13H2,1-4H3;3H,1-2H3. The van der Waals surface area contributed by atoms with Crippen LogP contribution in [-0.4, -0.2) is 52.1 Å². The van der Waals surface area contributed by atoms with Crippen molar-refractivity contribution in [3.63, 3.8) is 0 Å². The van der Waals surface area contributed by atoms with Crippen LogP contribution in [0.25, 0.3) is 21.5 Å². The topological polar surface area (TPSA) is 64.0 Å². The van der Waals surface area contributed by atoms with Crippen molar-refractivity contribution in [3.05, 3.63) is 34.3 Å². The first-order chi connectivity index (χ1) is 16.8. The lowest BCUT2D eigenvalue weighted by Crippen LogP contribution is -2.27. The molecule has 0 saturated carbocycles. The molecule has 0 bridgehead atoms. The molecule has 1 saturated heterocycles. The Morgan fingerprint density at radius 3 is 1.80 bits per heavy atom. The number of nitrogens with zero attached hydrogens (tertiary/aromatic N) is 2. The van der Waals surface area contributed by atoms with E-state index in [1.165, 1.54) is 13.8 Å². The van der Waals surface area contributed by atoms with Crippen LogP contribution < -0.4 is 18.9 Å². The number of likely N-dealkylation sites (tertiary alicyclic amines) is 1. The molecule has 8 heteroatoms. The summed E-state index contributed by atoms with van der Waals surface area (Å²) >= 11 is 3.87. The van der Waals surface area contributed by atoms with Gasteiger partial charge in [0.1, 0.15) is 0 Å². The number of fused-ring (bicyclic) bond motifs is 3. The van der Waals surface area contributed by atoms with Gasteiger partial charge in [-0.25, -0.2) is 4.39 Å². The highest BCUT2D eigenvalue weighted by Crippen LogP contribution is 2.45. The molecule has 0 N–H and O–H groups in total. The van der Waals surface area contributed by atoms with E-state index in [1.807, 2.05) is 24.3 Å². The quantitative estimate of drug-likeness (QED) is 0.323. The van der Waals surface area contributed by atoms with Gasteiger partial charge in [-0.2, -0.15) is 5.26 Å². The number of benzene rings is 3. The highest BCUT2D eigenvalue weighted by atomic mass is 79.9. The summed E-state index contributed by atoms with van der Waals surface area (Å²) in [7, 11) is 6.54. The Hall–Kier alpha value is -2.76. The smallest absolute Gasteiger partial charge is 0.161 e. The fourth-order valence-electron chi connectivity index (χ4n) is 4.43. The van der Waals surface area contributed by atoms with Crippen molar-refractivity contribution >= 4 is 37.5 Å². The third kappa shape index (κ3) is 5.57. The summed E-state index contributed by atoms with van der Waals surface area (Å²) in [6, 6.07) is 10.4. The summed E-state index contributed by atoms with van der Waals surface area (Å²) in [4.78, 5) is 2.24. The number of rotatable bonds is 6. The van der Waals surface area contributed by atoms with Gasteiger partial charge >= 0.3 is 0 Å². The zero-order valence-electron chi connectivity index (χ0n) is 21.1. The maximum atomic E-state index is 11.0. The van der Waals surface area contributed by atoms with E-state index < -0.39 is 6.17 Å². The number of halogens is 2. The summed E-state index contributed by atoms with van der Waals surface area (Å²) in [5, 5.41) is 13.7. The molecule has 1 aliphatic heterocycles. The van der Waals surface area contributed by atoms with E-state index in [9.17, 15) is 9.65 Å². The van der Waals surface area contributed by atoms with E-state index >= 15 is 0 Å². The summed E-state index contributed by atoms with van der Waals surface area (Å²) < 4.78 is 34.3. The molecule has 188 valence electrons. The zero-order chi connectivity index (χ0) is 25.7. The molecular weight excluding hydrogens is 515 g/mol. The Bertz CT molecular complexity index is 1240. The number of nitriles is 1. The normalized spacial score (nSPS) is 15.6. The monoisotopic (exact) mass is 546 g/mol. The van der Waals surface area contributed by atoms with Gasteiger partial charge in [-0.1, -0.05) is 0 Å². The van der Waals surface area contributed by atoms with E-state index in [1.54, 1.807) is 28.4 Å². The van der Waals surface area contributed by atoms with Crippen molar-refractivity contribution in [2.75, 3.05) is 35.0 Å². The van der Waals surface area contributed by atoms with Crippen LogP contribution in [0.5, 0.6) is 23.0 Å². The minimum absolute atomic E-state index is 0.0665. The van der Waals surface area contributed by atoms with Crippen molar-refractivity contribution in [1.82, 2.24) is 4.90 Å². The van der Waals surface area contributed by atoms with Gasteiger partial charge in [-0.3, -0.25) is 4.90 Å². The Morgan fingerprint density at radius 2 is 1.34 bits per heavy atom. The molecule has 1 unspecified atom stereocenters. The van der Waals surface area contributed by atoms with Crippen molar-refractivity contribution in [2.45, 2.75) is 45.4 Å². The fraction of sp³-hybridized carbons (Fsp3) is 0.444. The van der Waals surface area contributed by atoms with Crippen molar-refractivity contribution in [3.8, 4) is 29.1 Å². The van der Waals surface area contributed by atoms with E-state index in [2.05, 4.69) is 26.9 Å². The Labute approximate surface area is 214 Å². The Balaban J connectivity index is 0.000000795. The number of hydrogen-bond donors (Lipinski definition) is 0. The Kier molecular flexibility index (Phi) is 9.03. The molecule has 35 heavy (non-hydrogen) atoms. The first kappa shape index (κ1) is 26.8. The van der Waals surface area contributed by atoms with Crippen molar-refractivity contribution in [2.24, 2.45) is 0 Å². The Morgan fingerprint density at radius 1 is 0.914 bits per heavy atom. The van der Waals surface area contributed by atoms with Gasteiger partial charge < -0.3 is 18.9 Å². The lowest BCUT2D eigenvalue weighted by molar-refractivity contribution is 0.287. The van der Waals surface area contributed by atoms with Gasteiger partial charge in [-0.05, 0) is 95.2 Å². The number of ether oxygens (including phenoxy) is 4. The molecule has 0 aromatic heterocycles. The molecule has 0 radical (unpaired) electrons. The first-order valence-corrected chi connectivity index (χ1v) is 12.3. The average Bonchev–Trinajstić information content (AvgIpc) is 3.31. The predicted octanol–water partition coefficient (Wildman–Crippen LogP) is 6.64. The number of methoxy groups -OCH3 is 4. The van der Waals surface area contributed by atoms with Crippen LogP contribution in [0.4, 0.5) is 4.39 Å². The SMILES string of the molecule is CC(C)F.COc1cc2c(Br)c(CN3CCCC3C#N)c3cc(OC)c(OC)cc3c2cc1OC. The van der Waals surface area contributed by atoms with Gasteiger partial charge in [0.2, 0.25) is 0 Å². The maximum Gasteiger partial charge on any atom is 0.161 e. The van der Waals surface area contributed by atoms with Crippen molar-refractivity contribution < 1.29 is 23.3 Å². The van der Waals surface area contributed by atoms with E-state index in [0.717, 1.165) is 51.0 Å². The lowest BCUT2D eigenvalue weighted by atomic mass is 9.95. The molecule has 1 aliphatic rings. The molecule has 3 aromatic carbocycles. The summed E-state index contributed by atoms with van der Waals surface area (Å²) in [5.41, 5.74) is 1.11. The summed E-state index contributed by atoms with van der Waals surface area (Å²) in [6.45, 7) is 4.57. The van der Waals surface area contributed by atoms with Crippen LogP contribution in [-0.2, 0) is 6.54 Å². The second-order valence-electron chi connectivity index (χ2n) is 8.57. The average molecular weight is 547 g/mol. The molecule has 0 spiro atoms. The molecule has 1 atom stereocenters. The van der Waals surface area contributed by atoms with E-state index in [0.29, 0.717) is 29.5 Å². The molecule has 3 aromatic rings. The van der Waals surface area contributed by atoms with Crippen LogP contribution in [0.15, 0.2) is 28.7 Å². The van der Waals surface area contributed by atoms with Gasteiger partial charge in [0.25, 0.3) is 0 Å². The van der Waals surface area contributed by atoms with Gasteiger partial charge in [0.15, 0.2) is 23.0 Å². The van der Waals surface area contributed by atoms with Crippen LogP contribution in [0.3, 0.4) is 0 Å². The van der Waals surface area contributed by atoms with Gasteiger partial charge in [0, 0.05) is 16.4 Å². The molecule has 0 amide bonds. The van der Waals surface area contributed by atoms with Gasteiger partial charge in [-0.15, -0.1) is 0 Å². The molecular formula is C27H32BrFN2O4. The highest BCUT2D eigenvalue weighted by Gasteiger charge is 2.27. The molecule has 1 fully saturated rings. The van der Waals surface area contributed by atoms with Crippen LogP contribution in [0, 0.1) is 11.3 Å². The fourth-order valence-corrected chi connectivity index (χ4v) is 5.10. The number of hydrogen-bond acceptors (Lipinski definition) is 6. The third-order valence-electron chi connectivity index (χ3n) is 6.04. The van der Waals surface area contributed by atoms with E-state index in [-0.39, 0.29) is 6.04 Å². The van der Waals surface area contributed by atoms with E-state index in [4.69, 9.17) is 18.9 Å². The third-order valence-corrected chi connectivity index (χ3v) is 6.94. The van der Waals surface area contributed by atoms with Crippen molar-refractivity contribution in [1.29, 1.82) is 5.26 Å².